The van der Waals surface area contributed by atoms with Gasteiger partial charge in [0.1, 0.15) is 0 Å². The molecule has 0 spiro atoms. The van der Waals surface area contributed by atoms with Gasteiger partial charge in [0, 0.05) is 5.69 Å². The Balaban J connectivity index is 0.000000561. The molecule has 5 nitrogen and oxygen atoms in total. The molecule has 66 valence electrons. The smallest absolute Gasteiger partial charge is 0.335 e. The van der Waals surface area contributed by atoms with E-state index in [1.807, 2.05) is 0 Å². The second-order valence-corrected chi connectivity index (χ2v) is 1.93. The molecule has 7 N–H and O–H groups in total. The van der Waals surface area contributed by atoms with Crippen LogP contribution in [-0.2, 0) is 0 Å². The highest BCUT2D eigenvalue weighted by Gasteiger charge is 1.98. The van der Waals surface area contributed by atoms with Gasteiger partial charge in [0.25, 0.3) is 0 Å². The van der Waals surface area contributed by atoms with Crippen LogP contribution in [0.3, 0.4) is 0 Å². The van der Waals surface area contributed by atoms with Gasteiger partial charge in [-0.2, -0.15) is 0 Å². The largest absolute Gasteiger partial charge is 0.478 e. The monoisotopic (exact) mass is 169 g/mol. The van der Waals surface area contributed by atoms with E-state index in [1.54, 1.807) is 12.1 Å². The maximum atomic E-state index is 10.3. The van der Waals surface area contributed by atoms with Gasteiger partial charge in [0.15, 0.2) is 0 Å². The number of hydrogen-bond acceptors (Lipinski definition) is 4. The first-order valence-electron chi connectivity index (χ1n) is 3.12. The number of benzene rings is 1. The zero-order chi connectivity index (χ0) is 9.56. The van der Waals surface area contributed by atoms with Crippen molar-refractivity contribution in [3.63, 3.8) is 0 Å². The zero-order valence-electron chi connectivity index (χ0n) is 6.40. The van der Waals surface area contributed by atoms with Crippen molar-refractivity contribution in [1.82, 2.24) is 0 Å². The number of carbonyl (C=O) groups is 1. The second-order valence-electron chi connectivity index (χ2n) is 1.93. The van der Waals surface area contributed by atoms with E-state index in [1.165, 1.54) is 12.1 Å². The van der Waals surface area contributed by atoms with Crippen molar-refractivity contribution in [3.05, 3.63) is 29.8 Å². The standard InChI is InChI=1S/C7H7NO2.H4N2/c8-6-3-1-5(2-4-6)7(9)10;1-2/h1-4H,8H2,(H,9,10);1-2H2. The number of aromatic carboxylic acids is 1. The van der Waals surface area contributed by atoms with Crippen molar-refractivity contribution >= 4 is 11.7 Å². The van der Waals surface area contributed by atoms with Gasteiger partial charge in [-0.15, -0.1) is 0 Å². The summed E-state index contributed by atoms with van der Waals surface area (Å²) in [5.41, 5.74) is 6.17. The van der Waals surface area contributed by atoms with Gasteiger partial charge in [-0.25, -0.2) is 4.79 Å². The highest BCUT2D eigenvalue weighted by Crippen LogP contribution is 2.04. The quantitative estimate of drug-likeness (QED) is 0.263. The number of carboxylic acids is 1. The van der Waals surface area contributed by atoms with Crippen molar-refractivity contribution in [3.8, 4) is 0 Å². The van der Waals surface area contributed by atoms with Gasteiger partial charge in [-0.05, 0) is 24.3 Å². The summed E-state index contributed by atoms with van der Waals surface area (Å²) in [6.07, 6.45) is 0. The highest BCUT2D eigenvalue weighted by molar-refractivity contribution is 5.87. The first-order chi connectivity index (χ1) is 5.70. The van der Waals surface area contributed by atoms with Gasteiger partial charge in [-0.3, -0.25) is 11.7 Å². The Morgan fingerprint density at radius 1 is 1.17 bits per heavy atom. The van der Waals surface area contributed by atoms with Crippen LogP contribution in [0, 0.1) is 0 Å². The van der Waals surface area contributed by atoms with E-state index >= 15 is 0 Å². The Morgan fingerprint density at radius 2 is 1.58 bits per heavy atom. The molecule has 1 aromatic rings. The minimum absolute atomic E-state index is 0.259. The Kier molecular flexibility index (Phi) is 4.43. The number of hydrazine groups is 1. The normalized spacial score (nSPS) is 8.17. The third-order valence-electron chi connectivity index (χ3n) is 1.16. The lowest BCUT2D eigenvalue weighted by Gasteiger charge is -1.93. The topological polar surface area (TPSA) is 115 Å². The molecule has 0 aliphatic carbocycles. The van der Waals surface area contributed by atoms with E-state index < -0.39 is 5.97 Å². The minimum atomic E-state index is -0.931. The summed E-state index contributed by atoms with van der Waals surface area (Å²) >= 11 is 0. The maximum absolute atomic E-state index is 10.3. The van der Waals surface area contributed by atoms with Gasteiger partial charge >= 0.3 is 5.97 Å². The predicted octanol–water partition coefficient (Wildman–Crippen LogP) is -0.214. The fourth-order valence-corrected chi connectivity index (χ4v) is 0.626. The summed E-state index contributed by atoms with van der Waals surface area (Å²) in [7, 11) is 0. The number of nitrogens with two attached hydrogens (primary N) is 3. The Morgan fingerprint density at radius 3 is 1.92 bits per heavy atom. The Labute approximate surface area is 69.7 Å². The Bertz CT molecular complexity index is 245. The van der Waals surface area contributed by atoms with Crippen LogP contribution in [0.4, 0.5) is 5.69 Å². The average molecular weight is 169 g/mol. The zero-order valence-corrected chi connectivity index (χ0v) is 6.40. The Hall–Kier alpha value is -1.59. The van der Waals surface area contributed by atoms with Crippen LogP contribution in [-0.4, -0.2) is 11.1 Å². The first kappa shape index (κ1) is 10.4. The molecule has 0 aliphatic rings. The van der Waals surface area contributed by atoms with Gasteiger partial charge in [0.2, 0.25) is 0 Å². The lowest BCUT2D eigenvalue weighted by atomic mass is 10.2. The average Bonchev–Trinajstić information content (AvgIpc) is 2.09. The van der Waals surface area contributed by atoms with Crippen molar-refractivity contribution in [1.29, 1.82) is 0 Å². The number of nitrogen functional groups attached to an aromatic ring is 1. The molecular formula is C7H11N3O2. The van der Waals surface area contributed by atoms with Crippen molar-refractivity contribution in [2.45, 2.75) is 0 Å². The molecule has 0 aliphatic heterocycles. The van der Waals surface area contributed by atoms with E-state index in [-0.39, 0.29) is 5.56 Å². The van der Waals surface area contributed by atoms with Crippen LogP contribution in [0.5, 0.6) is 0 Å². The van der Waals surface area contributed by atoms with E-state index in [4.69, 9.17) is 10.8 Å². The van der Waals surface area contributed by atoms with E-state index in [2.05, 4.69) is 11.7 Å². The van der Waals surface area contributed by atoms with Gasteiger partial charge < -0.3 is 10.8 Å². The molecule has 0 aromatic heterocycles. The van der Waals surface area contributed by atoms with Gasteiger partial charge in [-0.1, -0.05) is 0 Å². The van der Waals surface area contributed by atoms with E-state index in [9.17, 15) is 4.79 Å². The molecule has 0 atom stereocenters. The third-order valence-corrected chi connectivity index (χ3v) is 1.16. The van der Waals surface area contributed by atoms with Crippen molar-refractivity contribution in [2.75, 3.05) is 5.73 Å². The molecule has 12 heavy (non-hydrogen) atoms. The van der Waals surface area contributed by atoms with Crippen LogP contribution in [0.15, 0.2) is 24.3 Å². The van der Waals surface area contributed by atoms with E-state index in [0.29, 0.717) is 5.69 Å². The lowest BCUT2D eigenvalue weighted by molar-refractivity contribution is 0.0697. The third kappa shape index (κ3) is 3.00. The lowest BCUT2D eigenvalue weighted by Crippen LogP contribution is -2.02. The van der Waals surface area contributed by atoms with Crippen LogP contribution in [0.25, 0.3) is 0 Å². The summed E-state index contributed by atoms with van der Waals surface area (Å²) in [4.78, 5) is 10.3. The fraction of sp³-hybridized carbons (Fsp3) is 0. The number of anilines is 1. The second kappa shape index (κ2) is 5.11. The molecule has 0 unspecified atom stereocenters. The highest BCUT2D eigenvalue weighted by atomic mass is 16.4. The van der Waals surface area contributed by atoms with Gasteiger partial charge in [0.05, 0.1) is 5.56 Å². The van der Waals surface area contributed by atoms with Crippen molar-refractivity contribution in [2.24, 2.45) is 11.7 Å². The molecule has 0 saturated heterocycles. The molecule has 1 rings (SSSR count). The van der Waals surface area contributed by atoms with Crippen LogP contribution >= 0.6 is 0 Å². The molecule has 1 aromatic carbocycles. The molecule has 0 fully saturated rings. The molecule has 0 radical (unpaired) electrons. The predicted molar refractivity (Wildman–Crippen MR) is 46.2 cm³/mol. The molecule has 0 bridgehead atoms. The summed E-state index contributed by atoms with van der Waals surface area (Å²) in [6.45, 7) is 0. The summed E-state index contributed by atoms with van der Waals surface area (Å²) in [5.74, 6) is 7.07. The summed E-state index contributed by atoms with van der Waals surface area (Å²) in [5, 5.41) is 8.43. The summed E-state index contributed by atoms with van der Waals surface area (Å²) < 4.78 is 0. The molecule has 0 heterocycles. The minimum Gasteiger partial charge on any atom is -0.478 e. The molecule has 0 amide bonds. The SMILES string of the molecule is NN.Nc1ccc(C(=O)O)cc1. The fourth-order valence-electron chi connectivity index (χ4n) is 0.626. The maximum Gasteiger partial charge on any atom is 0.335 e. The number of hydrogen-bond donors (Lipinski definition) is 4. The molecular weight excluding hydrogens is 158 g/mol. The number of carboxylic acid groups (broad SMARTS) is 1. The van der Waals surface area contributed by atoms with Crippen LogP contribution < -0.4 is 17.4 Å². The van der Waals surface area contributed by atoms with E-state index in [0.717, 1.165) is 0 Å². The van der Waals surface area contributed by atoms with Crippen molar-refractivity contribution < 1.29 is 9.90 Å². The van der Waals surface area contributed by atoms with Crippen LogP contribution in [0.2, 0.25) is 0 Å². The van der Waals surface area contributed by atoms with Crippen LogP contribution in [0.1, 0.15) is 10.4 Å². The molecule has 5 heteroatoms. The first-order valence-corrected chi connectivity index (χ1v) is 3.12. The number of rotatable bonds is 1. The molecule has 0 saturated carbocycles. The summed E-state index contributed by atoms with van der Waals surface area (Å²) in [6, 6.07) is 6.06.